The van der Waals surface area contributed by atoms with Crippen molar-refractivity contribution in [2.75, 3.05) is 36.4 Å². The molecule has 0 atom stereocenters. The van der Waals surface area contributed by atoms with Gasteiger partial charge in [-0.15, -0.1) is 5.10 Å². The number of hydrogen-bond donors (Lipinski definition) is 1. The highest BCUT2D eigenvalue weighted by molar-refractivity contribution is 6.30. The molecule has 0 saturated carbocycles. The second-order valence-electron chi connectivity index (χ2n) is 8.53. The fourth-order valence-electron chi connectivity index (χ4n) is 4.39. The Kier molecular flexibility index (Phi) is 5.83. The zero-order valence-electron chi connectivity index (χ0n) is 19.4. The van der Waals surface area contributed by atoms with Crippen LogP contribution >= 0.6 is 11.6 Å². The Labute approximate surface area is 203 Å². The van der Waals surface area contributed by atoms with Crippen LogP contribution in [0.2, 0.25) is 5.02 Å². The molecule has 0 aliphatic carbocycles. The molecule has 2 aromatic heterocycles. The van der Waals surface area contributed by atoms with Gasteiger partial charge in [0.1, 0.15) is 5.52 Å². The van der Waals surface area contributed by atoms with Gasteiger partial charge in [-0.3, -0.25) is 0 Å². The lowest BCUT2D eigenvalue weighted by Crippen LogP contribution is -2.50. The van der Waals surface area contributed by atoms with Crippen molar-refractivity contribution >= 4 is 40.0 Å². The monoisotopic (exact) mass is 475 g/mol. The molecule has 9 heteroatoms. The van der Waals surface area contributed by atoms with Gasteiger partial charge in [0.15, 0.2) is 5.82 Å². The van der Waals surface area contributed by atoms with E-state index in [9.17, 15) is 4.79 Å². The Morgan fingerprint density at radius 2 is 1.65 bits per heavy atom. The minimum atomic E-state index is -0.0862. The van der Waals surface area contributed by atoms with Crippen molar-refractivity contribution in [3.63, 3.8) is 0 Å². The summed E-state index contributed by atoms with van der Waals surface area (Å²) in [6, 6.07) is 15.3. The minimum absolute atomic E-state index is 0.0862. The summed E-state index contributed by atoms with van der Waals surface area (Å²) in [4.78, 5) is 16.8. The summed E-state index contributed by atoms with van der Waals surface area (Å²) in [5.41, 5.74) is 5.47. The molecule has 8 nitrogen and oxygen atoms in total. The average molecular weight is 476 g/mol. The van der Waals surface area contributed by atoms with Gasteiger partial charge in [0.25, 0.3) is 0 Å². The first-order valence-electron chi connectivity index (χ1n) is 11.3. The summed E-state index contributed by atoms with van der Waals surface area (Å²) in [7, 11) is 0. The normalized spacial score (nSPS) is 14.0. The zero-order chi connectivity index (χ0) is 23.8. The van der Waals surface area contributed by atoms with Gasteiger partial charge in [-0.1, -0.05) is 29.8 Å². The molecule has 4 aromatic rings. The number of carbonyl (C=O) groups is 1. The Morgan fingerprint density at radius 1 is 0.941 bits per heavy atom. The standard InChI is InChI=1S/C25H26ClN7O/c1-16-6-4-5-7-21(16)27-25(34)32-14-12-31(13-15-32)24-23-22(17(2)28-29-24)18(3)33(30-23)20-10-8-19(26)9-11-20/h4-11H,12-15H2,1-3H3,(H,27,34). The highest BCUT2D eigenvalue weighted by Crippen LogP contribution is 2.30. The van der Waals surface area contributed by atoms with Crippen LogP contribution in [0.25, 0.3) is 16.6 Å². The van der Waals surface area contributed by atoms with Gasteiger partial charge in [-0.05, 0) is 56.7 Å². The highest BCUT2D eigenvalue weighted by Gasteiger charge is 2.26. The lowest BCUT2D eigenvalue weighted by molar-refractivity contribution is 0.208. The number of urea groups is 1. The van der Waals surface area contributed by atoms with Gasteiger partial charge in [-0.2, -0.15) is 10.2 Å². The van der Waals surface area contributed by atoms with Crippen molar-refractivity contribution in [1.82, 2.24) is 24.9 Å². The topological polar surface area (TPSA) is 79.2 Å². The number of nitrogens with one attached hydrogen (secondary N) is 1. The van der Waals surface area contributed by atoms with Gasteiger partial charge in [0, 0.05) is 36.9 Å². The summed E-state index contributed by atoms with van der Waals surface area (Å²) in [6.45, 7) is 8.46. The third-order valence-electron chi connectivity index (χ3n) is 6.31. The lowest BCUT2D eigenvalue weighted by Gasteiger charge is -2.35. The molecule has 1 aliphatic rings. The van der Waals surface area contributed by atoms with Crippen LogP contribution in [0.5, 0.6) is 0 Å². The van der Waals surface area contributed by atoms with Crippen molar-refractivity contribution in [3.05, 3.63) is 70.5 Å². The van der Waals surface area contributed by atoms with E-state index in [-0.39, 0.29) is 6.03 Å². The third-order valence-corrected chi connectivity index (χ3v) is 6.56. The average Bonchev–Trinajstić information content (AvgIpc) is 3.19. The molecule has 0 spiro atoms. The summed E-state index contributed by atoms with van der Waals surface area (Å²) in [5.74, 6) is 0.746. The number of aryl methyl sites for hydroxylation is 3. The molecule has 5 rings (SSSR count). The summed E-state index contributed by atoms with van der Waals surface area (Å²) in [6.07, 6.45) is 0. The van der Waals surface area contributed by atoms with E-state index in [1.807, 2.05) is 78.9 Å². The third kappa shape index (κ3) is 4.05. The van der Waals surface area contributed by atoms with Gasteiger partial charge in [0.05, 0.1) is 22.5 Å². The molecule has 3 heterocycles. The van der Waals surface area contributed by atoms with Gasteiger partial charge in [0.2, 0.25) is 0 Å². The number of piperazine rings is 1. The molecule has 1 aliphatic heterocycles. The zero-order valence-corrected chi connectivity index (χ0v) is 20.2. The number of carbonyl (C=O) groups excluding carboxylic acids is 1. The van der Waals surface area contributed by atoms with Crippen molar-refractivity contribution in [1.29, 1.82) is 0 Å². The van der Waals surface area contributed by atoms with E-state index in [2.05, 4.69) is 20.4 Å². The predicted molar refractivity (Wildman–Crippen MR) is 135 cm³/mol. The van der Waals surface area contributed by atoms with Gasteiger partial charge < -0.3 is 15.1 Å². The van der Waals surface area contributed by atoms with Crippen LogP contribution in [0.4, 0.5) is 16.3 Å². The smallest absolute Gasteiger partial charge is 0.321 e. The number of rotatable bonds is 3. The highest BCUT2D eigenvalue weighted by atomic mass is 35.5. The molecule has 2 amide bonds. The number of nitrogens with zero attached hydrogens (tertiary/aromatic N) is 6. The first-order valence-corrected chi connectivity index (χ1v) is 11.6. The van der Waals surface area contributed by atoms with E-state index in [0.717, 1.165) is 45.0 Å². The number of halogens is 1. The predicted octanol–water partition coefficient (Wildman–Crippen LogP) is 4.75. The first kappa shape index (κ1) is 22.2. The van der Waals surface area contributed by atoms with Crippen molar-refractivity contribution < 1.29 is 4.79 Å². The van der Waals surface area contributed by atoms with Crippen molar-refractivity contribution in [3.8, 4) is 5.69 Å². The molecule has 1 N–H and O–H groups in total. The number of benzene rings is 2. The number of amides is 2. The Bertz CT molecular complexity index is 1360. The van der Waals surface area contributed by atoms with E-state index >= 15 is 0 Å². The molecule has 1 fully saturated rings. The van der Waals surface area contributed by atoms with E-state index in [0.29, 0.717) is 31.2 Å². The molecule has 34 heavy (non-hydrogen) atoms. The van der Waals surface area contributed by atoms with E-state index in [4.69, 9.17) is 16.7 Å². The van der Waals surface area contributed by atoms with Crippen LogP contribution in [0.15, 0.2) is 48.5 Å². The molecular weight excluding hydrogens is 450 g/mol. The maximum absolute atomic E-state index is 12.8. The molecular formula is C25H26ClN7O. The molecule has 174 valence electrons. The fraction of sp³-hybridized carbons (Fsp3) is 0.280. The van der Waals surface area contributed by atoms with Crippen molar-refractivity contribution in [2.24, 2.45) is 0 Å². The quantitative estimate of drug-likeness (QED) is 0.462. The maximum atomic E-state index is 12.8. The van der Waals surface area contributed by atoms with Gasteiger partial charge in [-0.25, -0.2) is 9.48 Å². The van der Waals surface area contributed by atoms with Crippen LogP contribution in [0, 0.1) is 20.8 Å². The van der Waals surface area contributed by atoms with E-state index in [1.165, 1.54) is 0 Å². The first-order chi connectivity index (χ1) is 16.4. The molecule has 0 bridgehead atoms. The number of para-hydroxylation sites is 1. The second kappa shape index (κ2) is 8.95. The van der Waals surface area contributed by atoms with E-state index in [1.54, 1.807) is 0 Å². The summed E-state index contributed by atoms with van der Waals surface area (Å²) in [5, 5.41) is 18.5. The number of anilines is 2. The van der Waals surface area contributed by atoms with Crippen LogP contribution in [0.1, 0.15) is 17.0 Å². The van der Waals surface area contributed by atoms with Crippen LogP contribution in [-0.4, -0.2) is 57.1 Å². The summed E-state index contributed by atoms with van der Waals surface area (Å²) >= 11 is 6.07. The lowest BCUT2D eigenvalue weighted by atomic mass is 10.2. The SMILES string of the molecule is Cc1ccccc1NC(=O)N1CCN(c2nnc(C)c3c(C)n(-c4ccc(Cl)cc4)nc23)CC1. The second-order valence-corrected chi connectivity index (χ2v) is 8.96. The molecule has 1 saturated heterocycles. The fourth-order valence-corrected chi connectivity index (χ4v) is 4.51. The van der Waals surface area contributed by atoms with Crippen molar-refractivity contribution in [2.45, 2.75) is 20.8 Å². The Hall–Kier alpha value is -3.65. The number of aromatic nitrogens is 4. The van der Waals surface area contributed by atoms with E-state index < -0.39 is 0 Å². The maximum Gasteiger partial charge on any atom is 0.321 e. The summed E-state index contributed by atoms with van der Waals surface area (Å²) < 4.78 is 1.91. The number of fused-ring (bicyclic) bond motifs is 1. The Morgan fingerprint density at radius 3 is 2.35 bits per heavy atom. The molecule has 2 aromatic carbocycles. The molecule has 0 radical (unpaired) electrons. The van der Waals surface area contributed by atoms with Crippen LogP contribution in [0.3, 0.4) is 0 Å². The molecule has 0 unspecified atom stereocenters. The van der Waals surface area contributed by atoms with Gasteiger partial charge >= 0.3 is 6.03 Å². The Balaban J connectivity index is 1.37. The van der Waals surface area contributed by atoms with Crippen LogP contribution < -0.4 is 10.2 Å². The largest absolute Gasteiger partial charge is 0.350 e. The van der Waals surface area contributed by atoms with Crippen LogP contribution in [-0.2, 0) is 0 Å². The number of hydrogen-bond acceptors (Lipinski definition) is 5. The minimum Gasteiger partial charge on any atom is -0.350 e.